The van der Waals surface area contributed by atoms with Gasteiger partial charge in [-0.2, -0.15) is 0 Å². The van der Waals surface area contributed by atoms with Crippen molar-refractivity contribution in [2.24, 2.45) is 23.5 Å². The molecule has 10 unspecified atom stereocenters. The van der Waals surface area contributed by atoms with Gasteiger partial charge >= 0.3 is 11.9 Å². The lowest BCUT2D eigenvalue weighted by molar-refractivity contribution is -0.307. The molecular formula is C59H85N3O18. The number of methoxy groups -OCH3 is 1. The molecule has 0 saturated carbocycles. The molecule has 2 fully saturated rings. The highest BCUT2D eigenvalue weighted by Crippen LogP contribution is 2.38. The predicted molar refractivity (Wildman–Crippen MR) is 295 cm³/mol. The van der Waals surface area contributed by atoms with Crippen LogP contribution < -0.4 is 11.1 Å². The molecule has 14 N–H and O–H groups in total. The summed E-state index contributed by atoms with van der Waals surface area (Å²) < 4.78 is 29.1. The van der Waals surface area contributed by atoms with Crippen molar-refractivity contribution in [3.8, 4) is 0 Å². The number of aliphatic hydroxyl groups excluding tert-OH is 9. The third-order valence-electron chi connectivity index (χ3n) is 14.9. The lowest BCUT2D eigenvalue weighted by Gasteiger charge is -2.46. The van der Waals surface area contributed by atoms with Crippen molar-refractivity contribution in [2.45, 2.75) is 189 Å². The fourth-order valence-corrected chi connectivity index (χ4v) is 10.1. The van der Waals surface area contributed by atoms with Gasteiger partial charge < -0.3 is 90.8 Å². The highest BCUT2D eigenvalue weighted by molar-refractivity contribution is 5.88. The first kappa shape index (κ1) is 65.6. The second-order valence-electron chi connectivity index (χ2n) is 21.4. The number of aromatic amines is 1. The van der Waals surface area contributed by atoms with Gasteiger partial charge in [0.1, 0.15) is 18.2 Å². The van der Waals surface area contributed by atoms with E-state index >= 15 is 0 Å². The predicted octanol–water partition coefficient (Wildman–Crippen LogP) is 2.01. The lowest BCUT2D eigenvalue weighted by Crippen LogP contribution is -2.62. The zero-order chi connectivity index (χ0) is 58.7. The number of nitrogens with one attached hydrogen (secondary N) is 2. The van der Waals surface area contributed by atoms with Crippen LogP contribution in [-0.4, -0.2) is 185 Å². The minimum absolute atomic E-state index is 0.0259. The Morgan fingerprint density at radius 1 is 0.738 bits per heavy atom. The number of carbonyl (C=O) groups is 3. The molecule has 21 heteroatoms. The van der Waals surface area contributed by atoms with E-state index < -0.39 is 159 Å². The summed E-state index contributed by atoms with van der Waals surface area (Å²) >= 11 is 0. The molecule has 21 nitrogen and oxygen atoms in total. The molecule has 4 heterocycles. The zero-order valence-electron chi connectivity index (χ0n) is 46.1. The van der Waals surface area contributed by atoms with Gasteiger partial charge in [-0.05, 0) is 44.7 Å². The minimum Gasteiger partial charge on any atom is -0.467 e. The third kappa shape index (κ3) is 19.8. The first-order valence-corrected chi connectivity index (χ1v) is 27.4. The summed E-state index contributed by atoms with van der Waals surface area (Å²) in [5, 5.41) is 115. The monoisotopic (exact) mass is 1120 g/mol. The van der Waals surface area contributed by atoms with Crippen LogP contribution in [0.1, 0.15) is 84.6 Å². The van der Waals surface area contributed by atoms with Gasteiger partial charge in [-0.3, -0.25) is 9.59 Å². The van der Waals surface area contributed by atoms with Gasteiger partial charge in [-0.25, -0.2) is 4.79 Å². The number of amides is 1. The molecule has 5 rings (SSSR count). The zero-order valence-corrected chi connectivity index (χ0v) is 46.1. The molecule has 0 aliphatic carbocycles. The summed E-state index contributed by atoms with van der Waals surface area (Å²) in [7, 11) is 1.16. The number of allylic oxidation sites excluding steroid dienone is 12. The minimum atomic E-state index is -2.40. The van der Waals surface area contributed by atoms with Crippen molar-refractivity contribution in [2.75, 3.05) is 7.11 Å². The molecule has 3 aliphatic rings. The van der Waals surface area contributed by atoms with Gasteiger partial charge in [-0.1, -0.05) is 117 Å². The van der Waals surface area contributed by atoms with E-state index in [2.05, 4.69) is 10.3 Å². The molecule has 2 aromatic rings. The number of benzene rings is 1. The highest BCUT2D eigenvalue weighted by atomic mass is 16.7. The SMILES string of the molecule is COC(=O)[C@@H](Cc1c[nH]c2ccccc12)NC(=O)[C@@H]1C(O)C[C@@]2(O)C[C@@H](O)C[C@@H](O)[C@H](O)CC[C@@H](O)C[C@@H](O)CC(=O)OC(C)C(C)[C@H](O)C(C)/C=C/C=C/C=C/C=C/C=C/C=C/C=C/[C@H](OC3OC(C)C(O)C(N)C3O)CC1O2. The molecular weight excluding hydrogens is 1040 g/mol. The van der Waals surface area contributed by atoms with E-state index in [0.717, 1.165) is 18.0 Å². The lowest BCUT2D eigenvalue weighted by atomic mass is 9.82. The number of aliphatic hydroxyl groups is 10. The van der Waals surface area contributed by atoms with Crippen LogP contribution in [0.2, 0.25) is 0 Å². The van der Waals surface area contributed by atoms with Crippen molar-refractivity contribution in [1.29, 1.82) is 0 Å². The maximum absolute atomic E-state index is 14.6. The fourth-order valence-electron chi connectivity index (χ4n) is 10.1. The standard InChI is InChI=1S/C59H85N3O18/c1-34-20-16-14-12-10-8-6-7-9-11-13-15-17-21-42(79-58-55(72)52(60)54(71)37(4)78-58)30-49-51(56(73)62-45(57(74)76-5)26-38-33-61-44-23-19-18-22-43(38)44)48(68)32-59(75,80-49)31-41(65)28-47(67)46(66)25-24-39(63)27-40(64)29-50(69)77-36(3)35(2)53(34)70/h6-23,33-37,39-42,45-49,51-55,58,61,63-68,70-72,75H,24-32,60H2,1-5H3,(H,62,73)/b7-6+,10-8+,11-9+,14-12+,15-13+,20-16+,21-17+/t34?,35?,36?,37?,39-,40-,41+,42+,45-,46-,47-,48?,49?,51-,52?,53-,54?,55?,58?,59-/m1/s1. The van der Waals surface area contributed by atoms with E-state index in [-0.39, 0.29) is 38.0 Å². The highest BCUT2D eigenvalue weighted by Gasteiger charge is 2.51. The Bertz CT molecular complexity index is 2470. The number of aromatic nitrogens is 1. The summed E-state index contributed by atoms with van der Waals surface area (Å²) in [6.07, 6.45) is 4.53. The summed E-state index contributed by atoms with van der Waals surface area (Å²) in [5.74, 6) is -7.11. The van der Waals surface area contributed by atoms with Crippen LogP contribution in [0, 0.1) is 17.8 Å². The van der Waals surface area contributed by atoms with Crippen LogP contribution in [0.3, 0.4) is 0 Å². The normalized spacial score (nSPS) is 39.5. The Labute approximate surface area is 467 Å². The first-order chi connectivity index (χ1) is 38.0. The second kappa shape index (κ2) is 31.9. The number of H-pyrrole nitrogens is 1. The molecule has 0 radical (unpaired) electrons. The average molecular weight is 1120 g/mol. The second-order valence-corrected chi connectivity index (χ2v) is 21.4. The van der Waals surface area contributed by atoms with E-state index in [1.54, 1.807) is 86.9 Å². The van der Waals surface area contributed by atoms with E-state index in [9.17, 15) is 65.4 Å². The number of rotatable bonds is 7. The number of ether oxygens (including phenoxy) is 5. The maximum atomic E-state index is 14.6. The van der Waals surface area contributed by atoms with E-state index in [0.29, 0.717) is 5.56 Å². The molecule has 1 aromatic carbocycles. The summed E-state index contributed by atoms with van der Waals surface area (Å²) in [4.78, 5) is 43.8. The van der Waals surface area contributed by atoms with Crippen LogP contribution in [-0.2, 0) is 44.5 Å². The Hall–Kier alpha value is -5.21. The molecule has 2 saturated heterocycles. The molecule has 80 heavy (non-hydrogen) atoms. The number of carbonyl (C=O) groups excluding carboxylic acids is 3. The molecule has 3 aliphatic heterocycles. The van der Waals surface area contributed by atoms with Gasteiger partial charge in [0.25, 0.3) is 0 Å². The Morgan fingerprint density at radius 2 is 1.36 bits per heavy atom. The van der Waals surface area contributed by atoms with E-state index in [1.807, 2.05) is 49.4 Å². The molecule has 444 valence electrons. The maximum Gasteiger partial charge on any atom is 0.328 e. The van der Waals surface area contributed by atoms with Gasteiger partial charge in [0.05, 0.1) is 92.6 Å². The molecule has 20 atom stereocenters. The van der Waals surface area contributed by atoms with Gasteiger partial charge in [0.15, 0.2) is 12.1 Å². The van der Waals surface area contributed by atoms with Gasteiger partial charge in [0, 0.05) is 61.0 Å². The van der Waals surface area contributed by atoms with E-state index in [1.165, 1.54) is 6.92 Å². The van der Waals surface area contributed by atoms with Crippen LogP contribution >= 0.6 is 0 Å². The third-order valence-corrected chi connectivity index (χ3v) is 14.9. The van der Waals surface area contributed by atoms with Crippen molar-refractivity contribution in [3.05, 3.63) is 121 Å². The Kier molecular flexibility index (Phi) is 26.1. The van der Waals surface area contributed by atoms with E-state index in [4.69, 9.17) is 29.4 Å². The quantitative estimate of drug-likeness (QED) is 0.176. The van der Waals surface area contributed by atoms with Crippen LogP contribution in [0.4, 0.5) is 0 Å². The largest absolute Gasteiger partial charge is 0.467 e. The average Bonchev–Trinajstić information content (AvgIpc) is 3.86. The van der Waals surface area contributed by atoms with Gasteiger partial charge in [0.2, 0.25) is 5.91 Å². The number of esters is 2. The van der Waals surface area contributed by atoms with Crippen molar-refractivity contribution >= 4 is 28.7 Å². The number of para-hydroxylation sites is 1. The van der Waals surface area contributed by atoms with Crippen molar-refractivity contribution < 1.29 is 89.1 Å². The number of hydrogen-bond donors (Lipinski definition) is 13. The number of nitrogens with two attached hydrogens (primary N) is 1. The smallest absolute Gasteiger partial charge is 0.328 e. The van der Waals surface area contributed by atoms with Crippen LogP contribution in [0.25, 0.3) is 10.9 Å². The fraction of sp³-hybridized carbons (Fsp3) is 0.576. The van der Waals surface area contributed by atoms with Crippen molar-refractivity contribution in [3.63, 3.8) is 0 Å². The summed E-state index contributed by atoms with van der Waals surface area (Å²) in [5.41, 5.74) is 7.62. The number of cyclic esters (lactones) is 1. The van der Waals surface area contributed by atoms with Crippen LogP contribution in [0.15, 0.2) is 116 Å². The first-order valence-electron chi connectivity index (χ1n) is 27.4. The topological polar surface area (TPSA) is 354 Å². The summed E-state index contributed by atoms with van der Waals surface area (Å²) in [6.45, 7) is 6.75. The molecule has 2 bridgehead atoms. The summed E-state index contributed by atoms with van der Waals surface area (Å²) in [6, 6.07) is 4.88. The van der Waals surface area contributed by atoms with Gasteiger partial charge in [-0.15, -0.1) is 0 Å². The van der Waals surface area contributed by atoms with Crippen molar-refractivity contribution in [1.82, 2.24) is 10.3 Å². The number of fused-ring (bicyclic) bond motifs is 3. The number of hydrogen-bond acceptors (Lipinski definition) is 19. The van der Waals surface area contributed by atoms with Crippen LogP contribution in [0.5, 0.6) is 0 Å². The molecule has 1 amide bonds. The Morgan fingerprint density at radius 3 is 2.01 bits per heavy atom. The molecule has 0 spiro atoms. The Balaban J connectivity index is 1.44. The molecule has 1 aromatic heterocycles.